The van der Waals surface area contributed by atoms with Crippen LogP contribution in [0, 0.1) is 0 Å². The van der Waals surface area contributed by atoms with Gasteiger partial charge < -0.3 is 0 Å². The second-order valence-corrected chi connectivity index (χ2v) is 4.13. The van der Waals surface area contributed by atoms with Crippen molar-refractivity contribution in [3.8, 4) is 5.69 Å². The maximum absolute atomic E-state index is 6.07. The van der Waals surface area contributed by atoms with Crippen molar-refractivity contribution in [2.45, 2.75) is 26.2 Å². The van der Waals surface area contributed by atoms with Crippen molar-refractivity contribution in [2.24, 2.45) is 0 Å². The number of benzene rings is 1. The maximum atomic E-state index is 6.07. The normalized spacial score (nSPS) is 12.7. The van der Waals surface area contributed by atoms with Gasteiger partial charge in [0.15, 0.2) is 5.82 Å². The van der Waals surface area contributed by atoms with Crippen LogP contribution in [-0.4, -0.2) is 14.8 Å². The Labute approximate surface area is 100 Å². The summed E-state index contributed by atoms with van der Waals surface area (Å²) in [7, 11) is 0. The molecular formula is C12H14ClN3. The number of halogens is 1. The van der Waals surface area contributed by atoms with Gasteiger partial charge in [0.25, 0.3) is 0 Å². The molecule has 2 aromatic rings. The van der Waals surface area contributed by atoms with Gasteiger partial charge in [0.2, 0.25) is 5.28 Å². The minimum absolute atomic E-state index is 0.336. The zero-order valence-electron chi connectivity index (χ0n) is 9.39. The quantitative estimate of drug-likeness (QED) is 0.816. The first-order valence-electron chi connectivity index (χ1n) is 5.40. The van der Waals surface area contributed by atoms with Crippen LogP contribution in [0.1, 0.15) is 32.0 Å². The van der Waals surface area contributed by atoms with E-state index >= 15 is 0 Å². The molecule has 0 aliphatic rings. The van der Waals surface area contributed by atoms with Crippen LogP contribution in [0.4, 0.5) is 0 Å². The van der Waals surface area contributed by atoms with Crippen LogP contribution in [-0.2, 0) is 0 Å². The summed E-state index contributed by atoms with van der Waals surface area (Å²) in [5.41, 5.74) is 0.939. The Morgan fingerprint density at radius 3 is 2.62 bits per heavy atom. The van der Waals surface area contributed by atoms with Crippen LogP contribution in [0.2, 0.25) is 5.28 Å². The molecule has 1 aromatic carbocycles. The summed E-state index contributed by atoms with van der Waals surface area (Å²) in [5.74, 6) is 1.14. The third-order valence-corrected chi connectivity index (χ3v) is 2.88. The van der Waals surface area contributed by atoms with Crippen molar-refractivity contribution in [3.63, 3.8) is 0 Å². The lowest BCUT2D eigenvalue weighted by molar-refractivity contribution is 0.672. The molecule has 2 rings (SSSR count). The number of hydrogen-bond donors (Lipinski definition) is 0. The molecule has 1 aromatic heterocycles. The van der Waals surface area contributed by atoms with Gasteiger partial charge in [0.05, 0.1) is 5.69 Å². The van der Waals surface area contributed by atoms with Crippen LogP contribution in [0.25, 0.3) is 5.69 Å². The van der Waals surface area contributed by atoms with E-state index in [1.54, 1.807) is 4.68 Å². The van der Waals surface area contributed by atoms with Gasteiger partial charge in [0.1, 0.15) is 0 Å². The molecule has 0 saturated heterocycles. The van der Waals surface area contributed by atoms with E-state index in [0.717, 1.165) is 17.9 Å². The molecule has 0 aliphatic heterocycles. The molecule has 16 heavy (non-hydrogen) atoms. The van der Waals surface area contributed by atoms with Gasteiger partial charge in [0, 0.05) is 5.92 Å². The third kappa shape index (κ3) is 2.09. The zero-order chi connectivity index (χ0) is 11.5. The van der Waals surface area contributed by atoms with E-state index in [-0.39, 0.29) is 0 Å². The minimum atomic E-state index is 0.336. The average Bonchev–Trinajstić information content (AvgIpc) is 2.71. The van der Waals surface area contributed by atoms with Crippen molar-refractivity contribution in [2.75, 3.05) is 0 Å². The van der Waals surface area contributed by atoms with Crippen LogP contribution in [0.3, 0.4) is 0 Å². The molecule has 0 fully saturated rings. The van der Waals surface area contributed by atoms with E-state index in [1.165, 1.54) is 0 Å². The van der Waals surface area contributed by atoms with Crippen molar-refractivity contribution < 1.29 is 0 Å². The van der Waals surface area contributed by atoms with E-state index < -0.39 is 0 Å². The molecule has 84 valence electrons. The van der Waals surface area contributed by atoms with Crippen LogP contribution in [0.5, 0.6) is 0 Å². The summed E-state index contributed by atoms with van der Waals surface area (Å²) in [6, 6.07) is 9.79. The summed E-state index contributed by atoms with van der Waals surface area (Å²) in [6.07, 6.45) is 1.01. The lowest BCUT2D eigenvalue weighted by Crippen LogP contribution is -1.99. The van der Waals surface area contributed by atoms with Crippen molar-refractivity contribution >= 4 is 11.6 Å². The van der Waals surface area contributed by atoms with Crippen LogP contribution < -0.4 is 0 Å². The molecule has 0 aliphatic carbocycles. The average molecular weight is 236 g/mol. The fourth-order valence-electron chi connectivity index (χ4n) is 1.43. The highest BCUT2D eigenvalue weighted by atomic mass is 35.5. The summed E-state index contributed by atoms with van der Waals surface area (Å²) in [5, 5.41) is 4.84. The molecule has 0 bridgehead atoms. The minimum Gasteiger partial charge on any atom is -0.203 e. The predicted molar refractivity (Wildman–Crippen MR) is 65.1 cm³/mol. The Hall–Kier alpha value is -1.35. The van der Waals surface area contributed by atoms with Gasteiger partial charge in [-0.2, -0.15) is 0 Å². The fraction of sp³-hybridized carbons (Fsp3) is 0.333. The van der Waals surface area contributed by atoms with Gasteiger partial charge in [-0.15, -0.1) is 5.10 Å². The van der Waals surface area contributed by atoms with Gasteiger partial charge in [-0.05, 0) is 30.2 Å². The molecular weight excluding hydrogens is 222 g/mol. The van der Waals surface area contributed by atoms with E-state index in [2.05, 4.69) is 23.9 Å². The number of rotatable bonds is 3. The fourth-order valence-corrected chi connectivity index (χ4v) is 1.65. The van der Waals surface area contributed by atoms with Gasteiger partial charge >= 0.3 is 0 Å². The standard InChI is InChI=1S/C12H14ClN3/c1-3-9(2)11-14-12(13)16(15-11)10-7-5-4-6-8-10/h4-9H,3H2,1-2H3/t9-/m0/s1. The van der Waals surface area contributed by atoms with Crippen molar-refractivity contribution in [1.82, 2.24) is 14.8 Å². The van der Waals surface area contributed by atoms with Crippen molar-refractivity contribution in [3.05, 3.63) is 41.4 Å². The van der Waals surface area contributed by atoms with Crippen molar-refractivity contribution in [1.29, 1.82) is 0 Å². The molecule has 0 saturated carbocycles. The highest BCUT2D eigenvalue weighted by Gasteiger charge is 2.13. The van der Waals surface area contributed by atoms with E-state index in [4.69, 9.17) is 11.6 Å². The first kappa shape index (κ1) is 11.1. The molecule has 1 heterocycles. The van der Waals surface area contributed by atoms with Gasteiger partial charge in [-0.25, -0.2) is 9.67 Å². The van der Waals surface area contributed by atoms with E-state index in [0.29, 0.717) is 11.2 Å². The number of hydrogen-bond acceptors (Lipinski definition) is 2. The first-order valence-corrected chi connectivity index (χ1v) is 5.78. The van der Waals surface area contributed by atoms with E-state index in [9.17, 15) is 0 Å². The zero-order valence-corrected chi connectivity index (χ0v) is 10.1. The molecule has 0 amide bonds. The lowest BCUT2D eigenvalue weighted by Gasteiger charge is -2.02. The number of aromatic nitrogens is 3. The van der Waals surface area contributed by atoms with Crippen LogP contribution >= 0.6 is 11.6 Å². The molecule has 0 radical (unpaired) electrons. The Morgan fingerprint density at radius 1 is 1.31 bits per heavy atom. The SMILES string of the molecule is CC[C@H](C)c1nc(Cl)n(-c2ccccc2)n1. The molecule has 4 heteroatoms. The molecule has 1 atom stereocenters. The summed E-state index contributed by atoms with van der Waals surface area (Å²) >= 11 is 6.07. The Kier molecular flexibility index (Phi) is 3.25. The monoisotopic (exact) mass is 235 g/mol. The number of nitrogens with zero attached hydrogens (tertiary/aromatic N) is 3. The second kappa shape index (κ2) is 4.66. The van der Waals surface area contributed by atoms with Gasteiger partial charge in [-0.3, -0.25) is 0 Å². The maximum Gasteiger partial charge on any atom is 0.225 e. The highest BCUT2D eigenvalue weighted by molar-refractivity contribution is 6.28. The molecule has 3 nitrogen and oxygen atoms in total. The van der Waals surface area contributed by atoms with E-state index in [1.807, 2.05) is 30.3 Å². The Bertz CT molecular complexity index is 464. The smallest absolute Gasteiger partial charge is 0.203 e. The first-order chi connectivity index (χ1) is 7.72. The second-order valence-electron chi connectivity index (χ2n) is 3.80. The predicted octanol–water partition coefficient (Wildman–Crippen LogP) is 3.43. The largest absolute Gasteiger partial charge is 0.225 e. The number of para-hydroxylation sites is 1. The Balaban J connectivity index is 2.40. The molecule has 0 spiro atoms. The Morgan fingerprint density at radius 2 is 2.00 bits per heavy atom. The lowest BCUT2D eigenvalue weighted by atomic mass is 10.1. The third-order valence-electron chi connectivity index (χ3n) is 2.64. The van der Waals surface area contributed by atoms with Crippen LogP contribution in [0.15, 0.2) is 30.3 Å². The topological polar surface area (TPSA) is 30.7 Å². The van der Waals surface area contributed by atoms with Gasteiger partial charge in [-0.1, -0.05) is 32.0 Å². The highest BCUT2D eigenvalue weighted by Crippen LogP contribution is 2.19. The molecule has 0 N–H and O–H groups in total. The summed E-state index contributed by atoms with van der Waals surface area (Å²) in [6.45, 7) is 4.21. The summed E-state index contributed by atoms with van der Waals surface area (Å²) < 4.78 is 1.67. The summed E-state index contributed by atoms with van der Waals surface area (Å²) in [4.78, 5) is 4.28. The molecule has 0 unspecified atom stereocenters.